The van der Waals surface area contributed by atoms with Crippen molar-refractivity contribution < 1.29 is 0 Å². The zero-order valence-corrected chi connectivity index (χ0v) is 12.7. The molecule has 3 aromatic rings. The molecule has 0 bridgehead atoms. The molecule has 0 aliphatic carbocycles. The zero-order chi connectivity index (χ0) is 14.2. The molecule has 0 aliphatic rings. The molecule has 4 nitrogen and oxygen atoms in total. The van der Waals surface area contributed by atoms with E-state index in [4.69, 9.17) is 0 Å². The number of nitrogens with one attached hydrogen (secondary N) is 1. The second-order valence-corrected chi connectivity index (χ2v) is 6.74. The van der Waals surface area contributed by atoms with Gasteiger partial charge < -0.3 is 5.32 Å². The predicted octanol–water partition coefficient (Wildman–Crippen LogP) is 3.86. The van der Waals surface area contributed by atoms with Gasteiger partial charge in [0.15, 0.2) is 0 Å². The summed E-state index contributed by atoms with van der Waals surface area (Å²) in [5.41, 5.74) is 5.26. The number of hydrogen-bond donors (Lipinski definition) is 1. The van der Waals surface area contributed by atoms with E-state index in [-0.39, 0.29) is 5.54 Å². The van der Waals surface area contributed by atoms with Gasteiger partial charge in [0.1, 0.15) is 0 Å². The minimum atomic E-state index is 0.0276. The van der Waals surface area contributed by atoms with Crippen molar-refractivity contribution in [2.75, 3.05) is 5.32 Å². The highest BCUT2D eigenvalue weighted by molar-refractivity contribution is 7.16. The van der Waals surface area contributed by atoms with Gasteiger partial charge in [0.25, 0.3) is 0 Å². The summed E-state index contributed by atoms with van der Waals surface area (Å²) in [5.74, 6) is 0. The van der Waals surface area contributed by atoms with Gasteiger partial charge in [0.2, 0.25) is 0 Å². The molecule has 20 heavy (non-hydrogen) atoms. The highest BCUT2D eigenvalue weighted by atomic mass is 32.1. The molecule has 2 aromatic heterocycles. The first kappa shape index (κ1) is 13.1. The van der Waals surface area contributed by atoms with Crippen molar-refractivity contribution in [1.82, 2.24) is 14.8 Å². The van der Waals surface area contributed by atoms with Gasteiger partial charge in [-0.3, -0.25) is 4.68 Å². The van der Waals surface area contributed by atoms with Gasteiger partial charge in [-0.2, -0.15) is 5.10 Å². The molecule has 0 radical (unpaired) electrons. The molecule has 1 aromatic carbocycles. The van der Waals surface area contributed by atoms with Crippen LogP contribution in [0.4, 0.5) is 5.69 Å². The fraction of sp³-hybridized carbons (Fsp3) is 0.333. The summed E-state index contributed by atoms with van der Waals surface area (Å²) in [6.07, 6.45) is 4.02. The van der Waals surface area contributed by atoms with Crippen LogP contribution >= 0.6 is 11.3 Å². The normalized spacial score (nSPS) is 11.9. The van der Waals surface area contributed by atoms with Crippen LogP contribution in [0.25, 0.3) is 10.2 Å². The zero-order valence-electron chi connectivity index (χ0n) is 11.9. The molecule has 5 heteroatoms. The third-order valence-electron chi connectivity index (χ3n) is 3.15. The molecule has 0 saturated carbocycles. The molecule has 0 aliphatic heterocycles. The summed E-state index contributed by atoms with van der Waals surface area (Å²) in [5, 5.41) is 7.84. The van der Waals surface area contributed by atoms with Crippen LogP contribution in [0, 0.1) is 0 Å². The molecule has 104 valence electrons. The maximum atomic E-state index is 4.41. The molecule has 0 fully saturated rings. The van der Waals surface area contributed by atoms with Crippen molar-refractivity contribution in [3.8, 4) is 0 Å². The van der Waals surface area contributed by atoms with Gasteiger partial charge in [-0.25, -0.2) is 4.98 Å². The Morgan fingerprint density at radius 2 is 2.15 bits per heavy atom. The van der Waals surface area contributed by atoms with Crippen molar-refractivity contribution >= 4 is 27.2 Å². The summed E-state index contributed by atoms with van der Waals surface area (Å²) in [6.45, 7) is 7.22. The predicted molar refractivity (Wildman–Crippen MR) is 84.2 cm³/mol. The molecule has 0 amide bonds. The Labute approximate surface area is 122 Å². The topological polar surface area (TPSA) is 42.7 Å². The molecule has 0 atom stereocenters. The van der Waals surface area contributed by atoms with E-state index in [2.05, 4.69) is 54.5 Å². The van der Waals surface area contributed by atoms with E-state index in [0.29, 0.717) is 0 Å². The van der Waals surface area contributed by atoms with E-state index in [1.807, 2.05) is 22.5 Å². The molecule has 3 rings (SSSR count). The molecule has 1 N–H and O–H groups in total. The number of benzene rings is 1. The van der Waals surface area contributed by atoms with Gasteiger partial charge in [-0.05, 0) is 39.0 Å². The monoisotopic (exact) mass is 286 g/mol. The quantitative estimate of drug-likeness (QED) is 0.795. The fourth-order valence-electron chi connectivity index (χ4n) is 1.99. The number of fused-ring (bicyclic) bond motifs is 1. The van der Waals surface area contributed by atoms with Crippen LogP contribution < -0.4 is 5.32 Å². The van der Waals surface area contributed by atoms with Crippen molar-refractivity contribution in [2.45, 2.75) is 32.9 Å². The number of rotatable bonds is 3. The summed E-state index contributed by atoms with van der Waals surface area (Å²) >= 11 is 1.66. The number of aromatic nitrogens is 3. The first-order chi connectivity index (χ1) is 9.52. The van der Waals surface area contributed by atoms with E-state index >= 15 is 0 Å². The van der Waals surface area contributed by atoms with Gasteiger partial charge in [0.05, 0.1) is 27.5 Å². The minimum Gasteiger partial charge on any atom is -0.381 e. The van der Waals surface area contributed by atoms with Crippen LogP contribution in [0.5, 0.6) is 0 Å². The number of nitrogens with zero attached hydrogens (tertiary/aromatic N) is 3. The van der Waals surface area contributed by atoms with Crippen LogP contribution in [0.3, 0.4) is 0 Å². The summed E-state index contributed by atoms with van der Waals surface area (Å²) in [6, 6.07) is 6.25. The number of anilines is 1. The highest BCUT2D eigenvalue weighted by Crippen LogP contribution is 2.22. The fourth-order valence-corrected chi connectivity index (χ4v) is 2.70. The summed E-state index contributed by atoms with van der Waals surface area (Å²) < 4.78 is 3.21. The summed E-state index contributed by atoms with van der Waals surface area (Å²) in [4.78, 5) is 4.29. The Morgan fingerprint density at radius 3 is 2.90 bits per heavy atom. The number of thiazole rings is 1. The standard InChI is InChI=1S/C15H18N4S/c1-15(2,3)19-9-11(8-18-19)7-16-12-4-5-13-14(6-12)20-10-17-13/h4-6,8-10,16H,7H2,1-3H3. The lowest BCUT2D eigenvalue weighted by molar-refractivity contribution is 0.355. The molecule has 0 unspecified atom stereocenters. The van der Waals surface area contributed by atoms with Crippen LogP contribution in [-0.2, 0) is 12.1 Å². The first-order valence-electron chi connectivity index (χ1n) is 6.63. The maximum Gasteiger partial charge on any atom is 0.0813 e. The Balaban J connectivity index is 1.71. The highest BCUT2D eigenvalue weighted by Gasteiger charge is 2.13. The molecule has 0 spiro atoms. The summed E-state index contributed by atoms with van der Waals surface area (Å²) in [7, 11) is 0. The lowest BCUT2D eigenvalue weighted by atomic mass is 10.1. The van der Waals surface area contributed by atoms with E-state index in [9.17, 15) is 0 Å². The van der Waals surface area contributed by atoms with Gasteiger partial charge >= 0.3 is 0 Å². The van der Waals surface area contributed by atoms with Crippen LogP contribution in [0.2, 0.25) is 0 Å². The van der Waals surface area contributed by atoms with Crippen LogP contribution in [0.1, 0.15) is 26.3 Å². The van der Waals surface area contributed by atoms with Crippen molar-refractivity contribution in [2.24, 2.45) is 0 Å². The third kappa shape index (κ3) is 2.67. The smallest absolute Gasteiger partial charge is 0.0813 e. The van der Waals surface area contributed by atoms with Gasteiger partial charge in [-0.1, -0.05) is 0 Å². The lowest BCUT2D eigenvalue weighted by Crippen LogP contribution is -2.21. The largest absolute Gasteiger partial charge is 0.381 e. The Bertz CT molecular complexity index is 721. The van der Waals surface area contributed by atoms with E-state index in [1.165, 1.54) is 10.3 Å². The maximum absolute atomic E-state index is 4.41. The average Bonchev–Trinajstić information content (AvgIpc) is 3.04. The minimum absolute atomic E-state index is 0.0276. The average molecular weight is 286 g/mol. The number of hydrogen-bond acceptors (Lipinski definition) is 4. The second-order valence-electron chi connectivity index (χ2n) is 5.85. The Hall–Kier alpha value is -1.88. The Morgan fingerprint density at radius 1 is 1.30 bits per heavy atom. The van der Waals surface area contributed by atoms with Crippen LogP contribution in [0.15, 0.2) is 36.1 Å². The van der Waals surface area contributed by atoms with Crippen molar-refractivity contribution in [1.29, 1.82) is 0 Å². The molecular formula is C15H18N4S. The lowest BCUT2D eigenvalue weighted by Gasteiger charge is -2.18. The molecule has 2 heterocycles. The second kappa shape index (κ2) is 4.90. The SMILES string of the molecule is CC(C)(C)n1cc(CNc2ccc3ncsc3c2)cn1. The van der Waals surface area contributed by atoms with E-state index in [1.54, 1.807) is 11.3 Å². The first-order valence-corrected chi connectivity index (χ1v) is 7.51. The van der Waals surface area contributed by atoms with E-state index in [0.717, 1.165) is 17.7 Å². The van der Waals surface area contributed by atoms with Crippen molar-refractivity contribution in [3.63, 3.8) is 0 Å². The van der Waals surface area contributed by atoms with E-state index < -0.39 is 0 Å². The Kier molecular flexibility index (Phi) is 3.22. The van der Waals surface area contributed by atoms with Crippen molar-refractivity contribution in [3.05, 3.63) is 41.7 Å². The molecule has 0 saturated heterocycles. The van der Waals surface area contributed by atoms with Gasteiger partial charge in [-0.15, -0.1) is 11.3 Å². The molecular weight excluding hydrogens is 268 g/mol. The van der Waals surface area contributed by atoms with Crippen LogP contribution in [-0.4, -0.2) is 14.8 Å². The van der Waals surface area contributed by atoms with Gasteiger partial charge in [0, 0.05) is 24.0 Å². The third-order valence-corrected chi connectivity index (χ3v) is 3.94.